The summed E-state index contributed by atoms with van der Waals surface area (Å²) in [7, 11) is 0. The number of carbonyl (C=O) groups excluding carboxylic acids is 1. The van der Waals surface area contributed by atoms with Crippen LogP contribution in [0.1, 0.15) is 37.7 Å². The first-order valence-electron chi connectivity index (χ1n) is 7.18. The second-order valence-corrected chi connectivity index (χ2v) is 6.10. The molecule has 0 saturated heterocycles. The van der Waals surface area contributed by atoms with Gasteiger partial charge in [-0.2, -0.15) is 0 Å². The third-order valence-electron chi connectivity index (χ3n) is 3.71. The monoisotopic (exact) mass is 327 g/mol. The first-order valence-corrected chi connectivity index (χ1v) is 7.94. The van der Waals surface area contributed by atoms with Crippen LogP contribution in [-0.2, 0) is 4.79 Å². The molecule has 0 bridgehead atoms. The van der Waals surface area contributed by atoms with Gasteiger partial charge in [0, 0.05) is 21.7 Å². The van der Waals surface area contributed by atoms with E-state index >= 15 is 0 Å². The quantitative estimate of drug-likeness (QED) is 0.655. The Kier molecular flexibility index (Phi) is 6.09. The van der Waals surface area contributed by atoms with Crippen molar-refractivity contribution in [2.24, 2.45) is 0 Å². The summed E-state index contributed by atoms with van der Waals surface area (Å²) in [5.74, 6) is -0.239. The van der Waals surface area contributed by atoms with Crippen LogP contribution >= 0.6 is 23.2 Å². The molecule has 114 valence electrons. The Bertz CT molecular complexity index is 511. The number of amides is 1. The lowest BCUT2D eigenvalue weighted by molar-refractivity contribution is -0.118. The van der Waals surface area contributed by atoms with Gasteiger partial charge in [0.15, 0.2) is 0 Å². The molecule has 21 heavy (non-hydrogen) atoms. The number of nitrogens with one attached hydrogen (secondary N) is 1. The molecule has 0 aromatic heterocycles. The molecule has 2 N–H and O–H groups in total. The zero-order valence-electron chi connectivity index (χ0n) is 11.7. The summed E-state index contributed by atoms with van der Waals surface area (Å²) in [6, 6.07) is 5.02. The third-order valence-corrected chi connectivity index (χ3v) is 4.37. The molecule has 0 heterocycles. The van der Waals surface area contributed by atoms with Gasteiger partial charge in [-0.1, -0.05) is 48.5 Å². The van der Waals surface area contributed by atoms with Gasteiger partial charge < -0.3 is 10.4 Å². The van der Waals surface area contributed by atoms with Crippen molar-refractivity contribution in [3.05, 3.63) is 39.9 Å². The zero-order chi connectivity index (χ0) is 15.2. The summed E-state index contributed by atoms with van der Waals surface area (Å²) in [6.45, 7) is 0. The molecule has 1 aromatic rings. The van der Waals surface area contributed by atoms with Crippen LogP contribution in [0.15, 0.2) is 24.3 Å². The molecule has 2 rings (SSSR count). The van der Waals surface area contributed by atoms with Crippen LogP contribution in [0.4, 0.5) is 0 Å². The smallest absolute Gasteiger partial charge is 0.244 e. The Morgan fingerprint density at radius 1 is 1.19 bits per heavy atom. The highest BCUT2D eigenvalue weighted by Crippen LogP contribution is 2.25. The molecule has 0 aliphatic heterocycles. The molecule has 1 aliphatic rings. The Balaban J connectivity index is 1.99. The van der Waals surface area contributed by atoms with Gasteiger partial charge in [0.25, 0.3) is 0 Å². The maximum Gasteiger partial charge on any atom is 0.244 e. The highest BCUT2D eigenvalue weighted by molar-refractivity contribution is 6.37. The van der Waals surface area contributed by atoms with Gasteiger partial charge in [-0.25, -0.2) is 0 Å². The molecule has 2 unspecified atom stereocenters. The van der Waals surface area contributed by atoms with Gasteiger partial charge >= 0.3 is 0 Å². The van der Waals surface area contributed by atoms with Crippen LogP contribution in [0.5, 0.6) is 0 Å². The molecule has 1 fully saturated rings. The fourth-order valence-electron chi connectivity index (χ4n) is 2.52. The minimum absolute atomic E-state index is 0.175. The lowest BCUT2D eigenvalue weighted by Crippen LogP contribution is -2.41. The fraction of sp³-hybridized carbons (Fsp3) is 0.438. The average molecular weight is 328 g/mol. The van der Waals surface area contributed by atoms with Gasteiger partial charge in [0.2, 0.25) is 5.91 Å². The van der Waals surface area contributed by atoms with E-state index in [1.54, 1.807) is 24.3 Å². The summed E-state index contributed by atoms with van der Waals surface area (Å²) >= 11 is 12.1. The van der Waals surface area contributed by atoms with Gasteiger partial charge in [0.1, 0.15) is 0 Å². The van der Waals surface area contributed by atoms with Gasteiger partial charge in [0.05, 0.1) is 12.1 Å². The number of hydrogen-bond acceptors (Lipinski definition) is 2. The van der Waals surface area contributed by atoms with E-state index in [0.29, 0.717) is 15.6 Å². The van der Waals surface area contributed by atoms with Crippen molar-refractivity contribution in [3.63, 3.8) is 0 Å². The van der Waals surface area contributed by atoms with Crippen molar-refractivity contribution in [2.45, 2.75) is 44.2 Å². The molecule has 2 atom stereocenters. The molecule has 5 heteroatoms. The predicted molar refractivity (Wildman–Crippen MR) is 86.5 cm³/mol. The van der Waals surface area contributed by atoms with Crippen LogP contribution in [0.25, 0.3) is 6.08 Å². The van der Waals surface area contributed by atoms with Crippen LogP contribution in [-0.4, -0.2) is 23.2 Å². The van der Waals surface area contributed by atoms with Crippen molar-refractivity contribution in [1.29, 1.82) is 0 Å². The zero-order valence-corrected chi connectivity index (χ0v) is 13.2. The number of rotatable bonds is 3. The molecule has 3 nitrogen and oxygen atoms in total. The van der Waals surface area contributed by atoms with E-state index < -0.39 is 6.10 Å². The van der Waals surface area contributed by atoms with Crippen molar-refractivity contribution in [3.8, 4) is 0 Å². The number of benzene rings is 1. The van der Waals surface area contributed by atoms with Gasteiger partial charge in [-0.05, 0) is 31.1 Å². The predicted octanol–water partition coefficient (Wildman–Crippen LogP) is 3.82. The van der Waals surface area contributed by atoms with E-state index in [4.69, 9.17) is 23.2 Å². The Hall–Kier alpha value is -1.03. The molecular weight excluding hydrogens is 309 g/mol. The standard InChI is InChI=1S/C16H19Cl2NO2/c17-12-5-4-6-13(18)11(12)9-10-16(21)19-14-7-2-1-3-8-15(14)20/h4-6,9-10,14-15,20H,1-3,7-8H2,(H,19,21)/b10-9+. The van der Waals surface area contributed by atoms with E-state index in [1.807, 2.05) is 0 Å². The lowest BCUT2D eigenvalue weighted by Gasteiger charge is -2.20. The highest BCUT2D eigenvalue weighted by Gasteiger charge is 2.22. The SMILES string of the molecule is O=C(/C=C/c1c(Cl)cccc1Cl)NC1CCCCCC1O. The summed E-state index contributed by atoms with van der Waals surface area (Å²) in [5, 5.41) is 13.8. The van der Waals surface area contributed by atoms with Crippen molar-refractivity contribution >= 4 is 35.2 Å². The summed E-state index contributed by atoms with van der Waals surface area (Å²) in [4.78, 5) is 12.0. The van der Waals surface area contributed by atoms with Crippen molar-refractivity contribution in [1.82, 2.24) is 5.32 Å². The molecule has 0 spiro atoms. The number of carbonyl (C=O) groups is 1. The molecule has 1 saturated carbocycles. The van der Waals surface area contributed by atoms with Crippen molar-refractivity contribution < 1.29 is 9.90 Å². The molecule has 0 radical (unpaired) electrons. The molecule has 1 aromatic carbocycles. The highest BCUT2D eigenvalue weighted by atomic mass is 35.5. The first kappa shape index (κ1) is 16.3. The second kappa shape index (κ2) is 7.83. The first-order chi connectivity index (χ1) is 10.1. The van der Waals surface area contributed by atoms with E-state index in [2.05, 4.69) is 5.32 Å². The fourth-order valence-corrected chi connectivity index (χ4v) is 3.04. The maximum atomic E-state index is 12.0. The number of hydrogen-bond donors (Lipinski definition) is 2. The summed E-state index contributed by atoms with van der Waals surface area (Å²) < 4.78 is 0. The van der Waals surface area contributed by atoms with Gasteiger partial charge in [-0.3, -0.25) is 4.79 Å². The van der Waals surface area contributed by atoms with E-state index in [0.717, 1.165) is 32.1 Å². The minimum atomic E-state index is -0.464. The van der Waals surface area contributed by atoms with Gasteiger partial charge in [-0.15, -0.1) is 0 Å². The molecule has 1 amide bonds. The Morgan fingerprint density at radius 2 is 1.86 bits per heavy atom. The van der Waals surface area contributed by atoms with E-state index in [9.17, 15) is 9.90 Å². The van der Waals surface area contributed by atoms with Crippen LogP contribution in [0.3, 0.4) is 0 Å². The van der Waals surface area contributed by atoms with Crippen molar-refractivity contribution in [2.75, 3.05) is 0 Å². The third kappa shape index (κ3) is 4.73. The maximum absolute atomic E-state index is 12.0. The number of aliphatic hydroxyl groups is 1. The van der Waals surface area contributed by atoms with Crippen LogP contribution in [0, 0.1) is 0 Å². The summed E-state index contributed by atoms with van der Waals surface area (Å²) in [5.41, 5.74) is 0.623. The largest absolute Gasteiger partial charge is 0.391 e. The average Bonchev–Trinajstić information content (AvgIpc) is 2.64. The number of aliphatic hydroxyl groups excluding tert-OH is 1. The Morgan fingerprint density at radius 3 is 2.57 bits per heavy atom. The summed E-state index contributed by atoms with van der Waals surface area (Å²) in [6.07, 6.45) is 7.25. The molecular formula is C16H19Cl2NO2. The van der Waals surface area contributed by atoms with E-state index in [-0.39, 0.29) is 11.9 Å². The second-order valence-electron chi connectivity index (χ2n) is 5.29. The topological polar surface area (TPSA) is 49.3 Å². The Labute approximate surface area is 134 Å². The minimum Gasteiger partial charge on any atom is -0.391 e. The lowest BCUT2D eigenvalue weighted by atomic mass is 10.1. The van der Waals surface area contributed by atoms with E-state index in [1.165, 1.54) is 6.08 Å². The normalized spacial score (nSPS) is 23.0. The van der Waals surface area contributed by atoms with Crippen LogP contribution in [0.2, 0.25) is 10.0 Å². The van der Waals surface area contributed by atoms with Crippen LogP contribution < -0.4 is 5.32 Å². The molecule has 1 aliphatic carbocycles. The number of halogens is 2.